The van der Waals surface area contributed by atoms with Gasteiger partial charge in [-0.1, -0.05) is 18.2 Å². The number of para-hydroxylation sites is 1. The summed E-state index contributed by atoms with van der Waals surface area (Å²) in [5, 5.41) is 2.80. The Labute approximate surface area is 130 Å². The van der Waals surface area contributed by atoms with Crippen molar-refractivity contribution in [2.24, 2.45) is 11.7 Å². The van der Waals surface area contributed by atoms with Gasteiger partial charge in [0.05, 0.1) is 0 Å². The van der Waals surface area contributed by atoms with Crippen LogP contribution in [0.5, 0.6) is 5.75 Å². The molecule has 3 N–H and O–H groups in total. The van der Waals surface area contributed by atoms with Gasteiger partial charge in [0, 0.05) is 32.1 Å². The number of carbonyl (C=O) groups excluding carboxylic acids is 2. The molecule has 1 aliphatic heterocycles. The van der Waals surface area contributed by atoms with Crippen molar-refractivity contribution in [3.63, 3.8) is 0 Å². The van der Waals surface area contributed by atoms with Gasteiger partial charge in [-0.3, -0.25) is 9.59 Å². The lowest BCUT2D eigenvalue weighted by molar-refractivity contribution is -0.137. The highest BCUT2D eigenvalue weighted by Gasteiger charge is 2.27. The zero-order valence-electron chi connectivity index (χ0n) is 12.7. The van der Waals surface area contributed by atoms with E-state index in [-0.39, 0.29) is 24.3 Å². The average Bonchev–Trinajstić information content (AvgIpc) is 2.58. The number of piperidine rings is 1. The van der Waals surface area contributed by atoms with E-state index in [4.69, 9.17) is 10.5 Å². The molecule has 0 aromatic heterocycles. The summed E-state index contributed by atoms with van der Waals surface area (Å²) >= 11 is 0. The zero-order valence-corrected chi connectivity index (χ0v) is 12.7. The van der Waals surface area contributed by atoms with Crippen LogP contribution in [-0.4, -0.2) is 49.5 Å². The van der Waals surface area contributed by atoms with Crippen molar-refractivity contribution < 1.29 is 14.3 Å². The molecule has 1 aromatic carbocycles. The summed E-state index contributed by atoms with van der Waals surface area (Å²) in [5.41, 5.74) is 5.37. The van der Waals surface area contributed by atoms with Gasteiger partial charge < -0.3 is 20.7 Å². The maximum Gasteiger partial charge on any atom is 0.260 e. The summed E-state index contributed by atoms with van der Waals surface area (Å²) in [6, 6.07) is 9.27. The number of nitrogens with one attached hydrogen (secondary N) is 1. The maximum absolute atomic E-state index is 12.1. The van der Waals surface area contributed by atoms with Crippen LogP contribution < -0.4 is 15.8 Å². The first kappa shape index (κ1) is 16.3. The number of carbonyl (C=O) groups is 2. The fraction of sp³-hybridized carbons (Fsp3) is 0.500. The van der Waals surface area contributed by atoms with Crippen LogP contribution in [0.4, 0.5) is 0 Å². The Hall–Kier alpha value is -2.08. The topological polar surface area (TPSA) is 84.7 Å². The molecule has 0 unspecified atom stereocenters. The van der Waals surface area contributed by atoms with E-state index in [1.165, 1.54) is 0 Å². The third-order valence-corrected chi connectivity index (χ3v) is 3.77. The monoisotopic (exact) mass is 305 g/mol. The molecule has 0 bridgehead atoms. The molecule has 0 saturated carbocycles. The highest BCUT2D eigenvalue weighted by Crippen LogP contribution is 2.17. The Morgan fingerprint density at radius 2 is 1.91 bits per heavy atom. The van der Waals surface area contributed by atoms with Crippen molar-refractivity contribution in [1.29, 1.82) is 0 Å². The van der Waals surface area contributed by atoms with Crippen molar-refractivity contribution in [3.05, 3.63) is 30.3 Å². The number of likely N-dealkylation sites (tertiary alicyclic amines) is 1. The molecule has 6 nitrogen and oxygen atoms in total. The number of benzene rings is 1. The second kappa shape index (κ2) is 8.38. The molecule has 1 aliphatic rings. The summed E-state index contributed by atoms with van der Waals surface area (Å²) < 4.78 is 5.46. The number of rotatable bonds is 6. The van der Waals surface area contributed by atoms with E-state index in [1.54, 1.807) is 4.90 Å². The summed E-state index contributed by atoms with van der Waals surface area (Å²) in [6.45, 7) is 2.17. The van der Waals surface area contributed by atoms with Gasteiger partial charge in [-0.25, -0.2) is 0 Å². The van der Waals surface area contributed by atoms with E-state index < -0.39 is 0 Å². The molecule has 2 amide bonds. The Bertz CT molecular complexity index is 485. The molecule has 0 atom stereocenters. The first-order valence-electron chi connectivity index (χ1n) is 7.64. The molecule has 2 rings (SSSR count). The molecule has 0 radical (unpaired) electrons. The van der Waals surface area contributed by atoms with Crippen LogP contribution in [-0.2, 0) is 9.59 Å². The quantitative estimate of drug-likeness (QED) is 0.796. The van der Waals surface area contributed by atoms with Gasteiger partial charge in [0.2, 0.25) is 5.91 Å². The summed E-state index contributed by atoms with van der Waals surface area (Å²) in [6.07, 6.45) is 1.38. The van der Waals surface area contributed by atoms with E-state index in [9.17, 15) is 9.59 Å². The van der Waals surface area contributed by atoms with Crippen molar-refractivity contribution in [1.82, 2.24) is 10.2 Å². The average molecular weight is 305 g/mol. The van der Waals surface area contributed by atoms with E-state index in [1.807, 2.05) is 30.3 Å². The summed E-state index contributed by atoms with van der Waals surface area (Å²) in [4.78, 5) is 25.7. The predicted octanol–water partition coefficient (Wildman–Crippen LogP) is 0.379. The second-order valence-corrected chi connectivity index (χ2v) is 5.34. The van der Waals surface area contributed by atoms with Crippen molar-refractivity contribution >= 4 is 11.8 Å². The number of hydrogen-bond acceptors (Lipinski definition) is 4. The first-order chi connectivity index (χ1) is 10.7. The molecular formula is C16H23N3O3. The minimum Gasteiger partial charge on any atom is -0.484 e. The fourth-order valence-electron chi connectivity index (χ4n) is 2.48. The van der Waals surface area contributed by atoms with E-state index in [2.05, 4.69) is 5.32 Å². The van der Waals surface area contributed by atoms with E-state index >= 15 is 0 Å². The minimum atomic E-state index is -0.0373. The molecule has 1 saturated heterocycles. The minimum absolute atomic E-state index is 0.0226. The van der Waals surface area contributed by atoms with Crippen LogP contribution in [0.1, 0.15) is 12.8 Å². The number of ether oxygens (including phenoxy) is 1. The Balaban J connectivity index is 1.72. The number of nitrogens with two attached hydrogens (primary N) is 1. The van der Waals surface area contributed by atoms with Crippen LogP contribution >= 0.6 is 0 Å². The standard InChI is InChI=1S/C16H23N3O3/c17-8-9-18-16(21)13-6-10-19(11-7-13)15(20)12-22-14-4-2-1-3-5-14/h1-5,13H,6-12,17H2,(H,18,21). The summed E-state index contributed by atoms with van der Waals surface area (Å²) in [5.74, 6) is 0.667. The molecule has 0 spiro atoms. The van der Waals surface area contributed by atoms with Gasteiger partial charge in [0.1, 0.15) is 5.75 Å². The Kier molecular flexibility index (Phi) is 6.21. The molecule has 120 valence electrons. The smallest absolute Gasteiger partial charge is 0.260 e. The lowest BCUT2D eigenvalue weighted by Crippen LogP contribution is -2.45. The predicted molar refractivity (Wildman–Crippen MR) is 83.3 cm³/mol. The van der Waals surface area contributed by atoms with Gasteiger partial charge in [-0.05, 0) is 25.0 Å². The molecule has 1 aromatic rings. The SMILES string of the molecule is NCCNC(=O)C1CCN(C(=O)COc2ccccc2)CC1. The lowest BCUT2D eigenvalue weighted by Gasteiger charge is -2.31. The second-order valence-electron chi connectivity index (χ2n) is 5.34. The largest absolute Gasteiger partial charge is 0.484 e. The van der Waals surface area contributed by atoms with Crippen molar-refractivity contribution in [3.8, 4) is 5.75 Å². The molecule has 1 fully saturated rings. The van der Waals surface area contributed by atoms with Crippen LogP contribution in [0.15, 0.2) is 30.3 Å². The maximum atomic E-state index is 12.1. The molecule has 0 aliphatic carbocycles. The third-order valence-electron chi connectivity index (χ3n) is 3.77. The lowest BCUT2D eigenvalue weighted by atomic mass is 9.96. The van der Waals surface area contributed by atoms with Gasteiger partial charge >= 0.3 is 0 Å². The zero-order chi connectivity index (χ0) is 15.8. The molecule has 1 heterocycles. The third kappa shape index (κ3) is 4.73. The van der Waals surface area contributed by atoms with E-state index in [0.29, 0.717) is 44.8 Å². The number of hydrogen-bond donors (Lipinski definition) is 2. The fourth-order valence-corrected chi connectivity index (χ4v) is 2.48. The number of nitrogens with zero attached hydrogens (tertiary/aromatic N) is 1. The van der Waals surface area contributed by atoms with Gasteiger partial charge in [0.25, 0.3) is 5.91 Å². The molecular weight excluding hydrogens is 282 g/mol. The summed E-state index contributed by atoms with van der Waals surface area (Å²) in [7, 11) is 0. The van der Waals surface area contributed by atoms with Crippen LogP contribution in [0.2, 0.25) is 0 Å². The van der Waals surface area contributed by atoms with E-state index in [0.717, 1.165) is 0 Å². The molecule has 6 heteroatoms. The normalized spacial score (nSPS) is 15.4. The first-order valence-corrected chi connectivity index (χ1v) is 7.64. The highest BCUT2D eigenvalue weighted by molar-refractivity contribution is 5.80. The van der Waals surface area contributed by atoms with Gasteiger partial charge in [0.15, 0.2) is 6.61 Å². The van der Waals surface area contributed by atoms with Crippen LogP contribution in [0.25, 0.3) is 0 Å². The van der Waals surface area contributed by atoms with Crippen molar-refractivity contribution in [2.75, 3.05) is 32.8 Å². The van der Waals surface area contributed by atoms with Crippen LogP contribution in [0, 0.1) is 5.92 Å². The highest BCUT2D eigenvalue weighted by atomic mass is 16.5. The van der Waals surface area contributed by atoms with Crippen LogP contribution in [0.3, 0.4) is 0 Å². The number of amides is 2. The Morgan fingerprint density at radius 1 is 1.23 bits per heavy atom. The van der Waals surface area contributed by atoms with Gasteiger partial charge in [-0.15, -0.1) is 0 Å². The van der Waals surface area contributed by atoms with Crippen molar-refractivity contribution in [2.45, 2.75) is 12.8 Å². The van der Waals surface area contributed by atoms with Gasteiger partial charge in [-0.2, -0.15) is 0 Å². The Morgan fingerprint density at radius 3 is 2.55 bits per heavy atom. The molecule has 22 heavy (non-hydrogen) atoms.